The first-order valence-corrected chi connectivity index (χ1v) is 27.8. The summed E-state index contributed by atoms with van der Waals surface area (Å²) in [5.41, 5.74) is 20.9. The smallest absolute Gasteiger partial charge is 0.145 e. The van der Waals surface area contributed by atoms with Crippen LogP contribution in [0.3, 0.4) is 0 Å². The minimum atomic E-state index is -0.00759. The maximum Gasteiger partial charge on any atom is 0.145 e. The Balaban J connectivity index is 1.02. The molecule has 0 atom stereocenters. The van der Waals surface area contributed by atoms with Crippen molar-refractivity contribution >= 4 is 33.1 Å². The molecule has 13 rings (SSSR count). The van der Waals surface area contributed by atoms with Gasteiger partial charge in [0, 0.05) is 69.0 Å². The highest BCUT2D eigenvalue weighted by Gasteiger charge is 2.24. The molecule has 9 nitrogen and oxygen atoms in total. The lowest BCUT2D eigenvalue weighted by Crippen LogP contribution is -2.11. The molecule has 0 saturated carbocycles. The molecule has 6 heterocycles. The summed E-state index contributed by atoms with van der Waals surface area (Å²) in [4.78, 5) is 30.9. The van der Waals surface area contributed by atoms with Crippen LogP contribution in [0.2, 0.25) is 0 Å². The Labute approximate surface area is 473 Å². The van der Waals surface area contributed by atoms with Crippen LogP contribution in [0.1, 0.15) is 79.0 Å². The van der Waals surface area contributed by atoms with E-state index < -0.39 is 0 Å². The third kappa shape index (κ3) is 9.58. The van der Waals surface area contributed by atoms with E-state index in [-0.39, 0.29) is 16.2 Å². The molecule has 0 aliphatic carbocycles. The Morgan fingerprint density at radius 3 is 0.790 bits per heavy atom. The molecule has 13 aromatic rings. The van der Waals surface area contributed by atoms with Gasteiger partial charge in [0.1, 0.15) is 17.5 Å². The maximum absolute atomic E-state index is 5.50. The zero-order valence-corrected chi connectivity index (χ0v) is 47.3. The number of nitrogens with zero attached hydrogens (tertiary/aromatic N) is 9. The van der Waals surface area contributed by atoms with Gasteiger partial charge in [-0.3, -0.25) is 28.7 Å². The van der Waals surface area contributed by atoms with Crippen molar-refractivity contribution < 1.29 is 0 Å². The Hall–Kier alpha value is -9.60. The summed E-state index contributed by atoms with van der Waals surface area (Å²) in [5.74, 6) is 2.36. The molecule has 0 saturated heterocycles. The molecule has 0 spiro atoms. The molecular weight excluding hydrogens is 991 g/mol. The minimum absolute atomic E-state index is 0.00759. The van der Waals surface area contributed by atoms with Gasteiger partial charge in [0.2, 0.25) is 0 Å². The van der Waals surface area contributed by atoms with Crippen molar-refractivity contribution in [2.75, 3.05) is 0 Å². The van der Waals surface area contributed by atoms with Crippen molar-refractivity contribution in [2.45, 2.75) is 78.6 Å². The zero-order chi connectivity index (χ0) is 55.8. The van der Waals surface area contributed by atoms with Crippen molar-refractivity contribution in [1.82, 2.24) is 43.6 Å². The number of imidazole rings is 3. The molecule has 9 heteroatoms. The van der Waals surface area contributed by atoms with Gasteiger partial charge >= 0.3 is 0 Å². The normalized spacial score (nSPS) is 12.3. The fraction of sp³-hybridized carbons (Fsp3) is 0.167. The maximum atomic E-state index is 5.50. The first-order valence-electron chi connectivity index (χ1n) is 27.8. The number of rotatable bonds is 9. The summed E-state index contributed by atoms with van der Waals surface area (Å²) >= 11 is 0. The van der Waals surface area contributed by atoms with Crippen molar-refractivity contribution in [2.24, 2.45) is 0 Å². The SMILES string of the molecule is CC(C)(C)c1ccnc(-c2ccc(-n3c(-c4cc(-c5nc6ccccc6n5-c5ccc(-c6cc(C(C)(C)C)ccn6)cc5)cc(-c5nc6ccccc6n5-c5ccc(-c6cc(C(C)(C)C)ccn6)cc5)c4)nc4ccccc43)cc2)c1. The van der Waals surface area contributed by atoms with E-state index in [9.17, 15) is 0 Å². The average Bonchev–Trinajstić information content (AvgIpc) is 4.31. The van der Waals surface area contributed by atoms with Gasteiger partial charge in [-0.25, -0.2) is 15.0 Å². The standard InChI is InChI=1S/C72H63N9/c1-70(2,3)52-34-37-73-61(43-52)46-22-28-55(29-23-46)79-64-19-13-10-16-58(64)76-67(79)49-40-50(68-77-59-17-11-14-20-65(59)80(68)56-30-24-47(25-31-56)62-44-53(35-38-74-62)71(4,5)6)42-51(41-49)69-78-60-18-12-15-21-66(60)81(69)57-32-26-48(27-33-57)63-45-54(36-39-75-63)72(7,8)9/h10-45H,1-9H3. The first-order chi connectivity index (χ1) is 39.0. The summed E-state index contributed by atoms with van der Waals surface area (Å²) < 4.78 is 6.82. The third-order valence-electron chi connectivity index (χ3n) is 15.5. The van der Waals surface area contributed by atoms with Crippen molar-refractivity contribution in [3.05, 3.63) is 235 Å². The second-order valence-electron chi connectivity index (χ2n) is 24.3. The van der Waals surface area contributed by atoms with Gasteiger partial charge in [0.15, 0.2) is 0 Å². The lowest BCUT2D eigenvalue weighted by Gasteiger charge is -2.19. The van der Waals surface area contributed by atoms with Crippen LogP contribution in [0.25, 0.3) is 118 Å². The Morgan fingerprint density at radius 1 is 0.272 bits per heavy atom. The summed E-state index contributed by atoms with van der Waals surface area (Å²) in [6, 6.07) is 70.9. The van der Waals surface area contributed by atoms with Crippen LogP contribution < -0.4 is 0 Å². The number of hydrogen-bond acceptors (Lipinski definition) is 6. The molecule has 0 unspecified atom stereocenters. The largest absolute Gasteiger partial charge is 0.292 e. The first kappa shape index (κ1) is 50.9. The number of para-hydroxylation sites is 6. The van der Waals surface area contributed by atoms with Crippen LogP contribution in [-0.4, -0.2) is 43.6 Å². The van der Waals surface area contributed by atoms with Crippen LogP contribution in [0.4, 0.5) is 0 Å². The highest BCUT2D eigenvalue weighted by atomic mass is 15.1. The number of hydrogen-bond donors (Lipinski definition) is 0. The summed E-state index contributed by atoms with van der Waals surface area (Å²) in [7, 11) is 0. The fourth-order valence-electron chi connectivity index (χ4n) is 11.0. The van der Waals surface area contributed by atoms with E-state index >= 15 is 0 Å². The molecule has 7 aromatic carbocycles. The van der Waals surface area contributed by atoms with E-state index in [2.05, 4.69) is 276 Å². The van der Waals surface area contributed by atoms with Crippen LogP contribution in [0, 0.1) is 0 Å². The quantitative estimate of drug-likeness (QED) is 0.143. The summed E-state index contributed by atoms with van der Waals surface area (Å²) in [6.07, 6.45) is 5.74. The molecule has 0 aliphatic rings. The molecule has 0 fully saturated rings. The number of pyridine rings is 3. The lowest BCUT2D eigenvalue weighted by atomic mass is 9.87. The zero-order valence-electron chi connectivity index (χ0n) is 47.3. The minimum Gasteiger partial charge on any atom is -0.292 e. The molecule has 0 aliphatic heterocycles. The van der Waals surface area contributed by atoms with Crippen LogP contribution in [0.15, 0.2) is 219 Å². The predicted octanol–water partition coefficient (Wildman–Crippen LogP) is 17.8. The van der Waals surface area contributed by atoms with Gasteiger partial charge in [0.05, 0.1) is 50.2 Å². The van der Waals surface area contributed by atoms with Gasteiger partial charge in [-0.05, 0) is 160 Å². The highest BCUT2D eigenvalue weighted by molar-refractivity contribution is 5.90. The van der Waals surface area contributed by atoms with Gasteiger partial charge < -0.3 is 0 Å². The van der Waals surface area contributed by atoms with Crippen LogP contribution >= 0.6 is 0 Å². The van der Waals surface area contributed by atoms with Gasteiger partial charge in [0.25, 0.3) is 0 Å². The summed E-state index contributed by atoms with van der Waals surface area (Å²) in [6.45, 7) is 20.1. The number of aromatic nitrogens is 9. The molecule has 0 amide bonds. The van der Waals surface area contributed by atoms with Crippen molar-refractivity contribution in [3.63, 3.8) is 0 Å². The van der Waals surface area contributed by atoms with E-state index in [1.807, 2.05) is 18.6 Å². The third-order valence-corrected chi connectivity index (χ3v) is 15.5. The van der Waals surface area contributed by atoms with Crippen molar-refractivity contribution in [1.29, 1.82) is 0 Å². The molecule has 0 bridgehead atoms. The van der Waals surface area contributed by atoms with E-state index in [4.69, 9.17) is 29.9 Å². The van der Waals surface area contributed by atoms with Crippen LogP contribution in [0.5, 0.6) is 0 Å². The number of fused-ring (bicyclic) bond motifs is 3. The predicted molar refractivity (Wildman–Crippen MR) is 332 cm³/mol. The van der Waals surface area contributed by atoms with Gasteiger partial charge in [-0.15, -0.1) is 0 Å². The molecular formula is C72H63N9. The Bertz CT molecular complexity index is 4030. The van der Waals surface area contributed by atoms with Gasteiger partial charge in [-0.2, -0.15) is 0 Å². The van der Waals surface area contributed by atoms with Crippen LogP contribution in [-0.2, 0) is 16.2 Å². The molecule has 81 heavy (non-hydrogen) atoms. The highest BCUT2D eigenvalue weighted by Crippen LogP contribution is 2.40. The summed E-state index contributed by atoms with van der Waals surface area (Å²) in [5, 5.41) is 0. The molecule has 396 valence electrons. The van der Waals surface area contributed by atoms with Gasteiger partial charge in [-0.1, -0.05) is 135 Å². The molecule has 0 radical (unpaired) electrons. The van der Waals surface area contributed by atoms with Crippen molar-refractivity contribution in [3.8, 4) is 85.0 Å². The molecule has 6 aromatic heterocycles. The second-order valence-corrected chi connectivity index (χ2v) is 24.3. The Morgan fingerprint density at radius 2 is 0.531 bits per heavy atom. The van der Waals surface area contributed by atoms with E-state index in [0.717, 1.165) is 118 Å². The van der Waals surface area contributed by atoms with E-state index in [1.54, 1.807) is 0 Å². The topological polar surface area (TPSA) is 92.1 Å². The lowest BCUT2D eigenvalue weighted by molar-refractivity contribution is 0.589. The van der Waals surface area contributed by atoms with E-state index in [1.165, 1.54) is 16.7 Å². The monoisotopic (exact) mass is 1050 g/mol. The molecule has 0 N–H and O–H groups in total. The Kier molecular flexibility index (Phi) is 12.3. The fourth-order valence-corrected chi connectivity index (χ4v) is 11.0. The average molecular weight is 1050 g/mol. The number of benzene rings is 7. The second kappa shape index (κ2) is 19.6. The van der Waals surface area contributed by atoms with E-state index in [0.29, 0.717) is 0 Å².